The number of rotatable bonds is 3. The average molecular weight is 309 g/mol. The molecule has 4 nitrogen and oxygen atoms in total. The first-order chi connectivity index (χ1) is 8.49. The standard InChI is InChI=1S/C13H17BrN4/c1-8-4-13(11(14)5-12(8)15)16-6-10-7-17-18(3)9(10)2/h4-5,7,16H,6,15H2,1-3H3. The van der Waals surface area contributed by atoms with Gasteiger partial charge in [-0.05, 0) is 47.5 Å². The van der Waals surface area contributed by atoms with Crippen LogP contribution >= 0.6 is 15.9 Å². The van der Waals surface area contributed by atoms with Gasteiger partial charge in [-0.1, -0.05) is 0 Å². The average Bonchev–Trinajstić information content (AvgIpc) is 2.63. The molecule has 18 heavy (non-hydrogen) atoms. The topological polar surface area (TPSA) is 55.9 Å². The molecule has 3 N–H and O–H groups in total. The van der Waals surface area contributed by atoms with E-state index in [1.54, 1.807) is 0 Å². The van der Waals surface area contributed by atoms with Crippen molar-refractivity contribution in [2.45, 2.75) is 20.4 Å². The lowest BCUT2D eigenvalue weighted by atomic mass is 10.1. The zero-order valence-electron chi connectivity index (χ0n) is 10.8. The van der Waals surface area contributed by atoms with Gasteiger partial charge in [-0.15, -0.1) is 0 Å². The highest BCUT2D eigenvalue weighted by molar-refractivity contribution is 9.10. The number of anilines is 2. The summed E-state index contributed by atoms with van der Waals surface area (Å²) in [4.78, 5) is 0. The van der Waals surface area contributed by atoms with Gasteiger partial charge < -0.3 is 11.1 Å². The number of nitrogens with zero attached hydrogens (tertiary/aromatic N) is 2. The molecule has 5 heteroatoms. The van der Waals surface area contributed by atoms with E-state index in [0.717, 1.165) is 28.0 Å². The lowest BCUT2D eigenvalue weighted by molar-refractivity contribution is 0.738. The molecule has 0 saturated heterocycles. The SMILES string of the molecule is Cc1cc(NCc2cnn(C)c2C)c(Br)cc1N. The minimum Gasteiger partial charge on any atom is -0.398 e. The highest BCUT2D eigenvalue weighted by Crippen LogP contribution is 2.28. The smallest absolute Gasteiger partial charge is 0.0542 e. The van der Waals surface area contributed by atoms with Crippen LogP contribution in [-0.2, 0) is 13.6 Å². The molecule has 0 fully saturated rings. The number of hydrogen-bond donors (Lipinski definition) is 2. The third-order valence-electron chi connectivity index (χ3n) is 3.16. The number of aryl methyl sites for hydroxylation is 2. The largest absolute Gasteiger partial charge is 0.398 e. The van der Waals surface area contributed by atoms with Gasteiger partial charge in [-0.2, -0.15) is 5.10 Å². The molecule has 0 aliphatic heterocycles. The number of nitrogens with one attached hydrogen (secondary N) is 1. The first kappa shape index (κ1) is 13.0. The van der Waals surface area contributed by atoms with E-state index in [9.17, 15) is 0 Å². The van der Waals surface area contributed by atoms with Crippen LogP contribution in [0.15, 0.2) is 22.8 Å². The zero-order chi connectivity index (χ0) is 13.3. The molecule has 0 unspecified atom stereocenters. The molecular formula is C13H17BrN4. The van der Waals surface area contributed by atoms with Crippen LogP contribution in [0.1, 0.15) is 16.8 Å². The minimum absolute atomic E-state index is 0.752. The van der Waals surface area contributed by atoms with Gasteiger partial charge in [0.2, 0.25) is 0 Å². The summed E-state index contributed by atoms with van der Waals surface area (Å²) in [6.45, 7) is 4.82. The fourth-order valence-corrected chi connectivity index (χ4v) is 2.24. The fraction of sp³-hybridized carbons (Fsp3) is 0.308. The maximum Gasteiger partial charge on any atom is 0.0542 e. The van der Waals surface area contributed by atoms with Crippen molar-refractivity contribution >= 4 is 27.3 Å². The van der Waals surface area contributed by atoms with Crippen molar-refractivity contribution in [1.82, 2.24) is 9.78 Å². The molecule has 0 aliphatic rings. The minimum atomic E-state index is 0.752. The van der Waals surface area contributed by atoms with Crippen LogP contribution in [0.5, 0.6) is 0 Å². The predicted octanol–water partition coefficient (Wildman–Crippen LogP) is 2.99. The number of nitrogens with two attached hydrogens (primary N) is 1. The van der Waals surface area contributed by atoms with E-state index in [1.165, 1.54) is 11.3 Å². The maximum atomic E-state index is 5.85. The van der Waals surface area contributed by atoms with Crippen LogP contribution in [0, 0.1) is 13.8 Å². The van der Waals surface area contributed by atoms with Crippen molar-refractivity contribution in [3.8, 4) is 0 Å². The molecule has 0 amide bonds. The van der Waals surface area contributed by atoms with Crippen LogP contribution in [-0.4, -0.2) is 9.78 Å². The predicted molar refractivity (Wildman–Crippen MR) is 78.6 cm³/mol. The first-order valence-corrected chi connectivity index (χ1v) is 6.55. The molecule has 1 heterocycles. The number of nitrogen functional groups attached to an aromatic ring is 1. The van der Waals surface area contributed by atoms with Gasteiger partial charge in [-0.3, -0.25) is 4.68 Å². The van der Waals surface area contributed by atoms with E-state index in [-0.39, 0.29) is 0 Å². The van der Waals surface area contributed by atoms with Crippen molar-refractivity contribution in [2.24, 2.45) is 7.05 Å². The third kappa shape index (κ3) is 2.51. The third-order valence-corrected chi connectivity index (χ3v) is 3.82. The molecule has 0 bridgehead atoms. The Hall–Kier alpha value is -1.49. The Labute approximate surface area is 115 Å². The Morgan fingerprint density at radius 2 is 2.11 bits per heavy atom. The Bertz CT molecular complexity index is 575. The van der Waals surface area contributed by atoms with E-state index in [2.05, 4.69) is 33.3 Å². The Morgan fingerprint density at radius 1 is 1.39 bits per heavy atom. The maximum absolute atomic E-state index is 5.85. The van der Waals surface area contributed by atoms with Crippen LogP contribution in [0.4, 0.5) is 11.4 Å². The molecule has 2 aromatic rings. The van der Waals surface area contributed by atoms with Crippen LogP contribution in [0.3, 0.4) is 0 Å². The van der Waals surface area contributed by atoms with Crippen molar-refractivity contribution in [2.75, 3.05) is 11.1 Å². The molecular weight excluding hydrogens is 292 g/mol. The molecule has 1 aromatic heterocycles. The lowest BCUT2D eigenvalue weighted by Crippen LogP contribution is -2.03. The normalized spacial score (nSPS) is 10.7. The van der Waals surface area contributed by atoms with Crippen molar-refractivity contribution in [3.05, 3.63) is 39.6 Å². The monoisotopic (exact) mass is 308 g/mol. The Kier molecular flexibility index (Phi) is 3.61. The summed E-state index contributed by atoms with van der Waals surface area (Å²) in [5.41, 5.74) is 11.1. The first-order valence-electron chi connectivity index (χ1n) is 5.76. The number of hydrogen-bond acceptors (Lipinski definition) is 3. The molecule has 1 aromatic carbocycles. The summed E-state index contributed by atoms with van der Waals surface area (Å²) >= 11 is 3.52. The van der Waals surface area contributed by atoms with Crippen LogP contribution in [0.2, 0.25) is 0 Å². The van der Waals surface area contributed by atoms with Gasteiger partial charge in [0.05, 0.1) is 6.20 Å². The van der Waals surface area contributed by atoms with E-state index in [4.69, 9.17) is 5.73 Å². The van der Waals surface area contributed by atoms with Gasteiger partial charge in [-0.25, -0.2) is 0 Å². The van der Waals surface area contributed by atoms with E-state index in [1.807, 2.05) is 37.0 Å². The quantitative estimate of drug-likeness (QED) is 0.857. The van der Waals surface area contributed by atoms with Gasteiger partial charge >= 0.3 is 0 Å². The summed E-state index contributed by atoms with van der Waals surface area (Å²) in [6, 6.07) is 3.97. The van der Waals surface area contributed by atoms with E-state index < -0.39 is 0 Å². The van der Waals surface area contributed by atoms with Gasteiger partial charge in [0.15, 0.2) is 0 Å². The van der Waals surface area contributed by atoms with E-state index >= 15 is 0 Å². The fourth-order valence-electron chi connectivity index (χ4n) is 1.74. The van der Waals surface area contributed by atoms with Gasteiger partial charge in [0, 0.05) is 40.7 Å². The summed E-state index contributed by atoms with van der Waals surface area (Å²) in [5, 5.41) is 7.62. The Morgan fingerprint density at radius 3 is 2.72 bits per heavy atom. The summed E-state index contributed by atoms with van der Waals surface area (Å²) in [6.07, 6.45) is 1.89. The highest BCUT2D eigenvalue weighted by Gasteiger charge is 2.06. The second-order valence-electron chi connectivity index (χ2n) is 4.42. The Balaban J connectivity index is 2.16. The van der Waals surface area contributed by atoms with Crippen molar-refractivity contribution in [3.63, 3.8) is 0 Å². The zero-order valence-corrected chi connectivity index (χ0v) is 12.4. The number of aromatic nitrogens is 2. The van der Waals surface area contributed by atoms with Crippen LogP contribution < -0.4 is 11.1 Å². The molecule has 0 spiro atoms. The molecule has 0 atom stereocenters. The summed E-state index contributed by atoms with van der Waals surface area (Å²) in [5.74, 6) is 0. The van der Waals surface area contributed by atoms with E-state index in [0.29, 0.717) is 0 Å². The molecule has 2 rings (SSSR count). The molecule has 0 aliphatic carbocycles. The van der Waals surface area contributed by atoms with Crippen molar-refractivity contribution in [1.29, 1.82) is 0 Å². The van der Waals surface area contributed by atoms with Crippen LogP contribution in [0.25, 0.3) is 0 Å². The van der Waals surface area contributed by atoms with Gasteiger partial charge in [0.25, 0.3) is 0 Å². The second-order valence-corrected chi connectivity index (χ2v) is 5.28. The second kappa shape index (κ2) is 5.02. The van der Waals surface area contributed by atoms with Gasteiger partial charge in [0.1, 0.15) is 0 Å². The van der Waals surface area contributed by atoms with Crippen molar-refractivity contribution < 1.29 is 0 Å². The molecule has 0 radical (unpaired) electrons. The molecule has 96 valence electrons. The number of benzene rings is 1. The number of halogens is 1. The lowest BCUT2D eigenvalue weighted by Gasteiger charge is -2.11. The molecule has 0 saturated carbocycles. The summed E-state index contributed by atoms with van der Waals surface area (Å²) in [7, 11) is 1.95. The highest BCUT2D eigenvalue weighted by atomic mass is 79.9. The summed E-state index contributed by atoms with van der Waals surface area (Å²) < 4.78 is 2.85.